The number of unbranched alkanes of at least 4 members (excludes halogenated alkanes) is 4. The monoisotopic (exact) mass is 1200 g/mol. The average molecular weight is 1200 g/mol. The highest BCUT2D eigenvalue weighted by Gasteiger charge is 2.59. The van der Waals surface area contributed by atoms with E-state index in [1.54, 1.807) is 34.6 Å². The SMILES string of the molecule is CCCCOC1[C@H](N=[N+]=[N-])C(C)O[C@H](O[C@@H]2C(OCCCC)[C@H](N=[N+]=[N-])C(C)O[C@@H]2O[C@@H]2C(OCCCC)[C@H](N=[N+]=[N-])C(C)O[C@@H]2O[C@@H]2C(OCCCC)[C@H](N=[N+]=[N-])C(C)O[C@@H]2OC2[C@H](N=[N+]=[N-])C(C)O[C@H](OC)[C@@H]2OC(C)=O)[C@@H]1OC(C)=O. The molecule has 0 bridgehead atoms. The summed E-state index contributed by atoms with van der Waals surface area (Å²) in [5, 5.41) is 20.4. The van der Waals surface area contributed by atoms with E-state index < -0.39 is 165 Å². The molecule has 5 saturated heterocycles. The van der Waals surface area contributed by atoms with Gasteiger partial charge in [0.1, 0.15) is 30.5 Å². The lowest BCUT2D eigenvalue weighted by molar-refractivity contribution is -0.395. The van der Waals surface area contributed by atoms with Crippen LogP contribution in [0.1, 0.15) is 128 Å². The first-order valence-corrected chi connectivity index (χ1v) is 28.9. The van der Waals surface area contributed by atoms with E-state index in [9.17, 15) is 37.2 Å². The van der Waals surface area contributed by atoms with Crippen LogP contribution in [0.2, 0.25) is 0 Å². The van der Waals surface area contributed by atoms with Crippen LogP contribution in [0.15, 0.2) is 25.6 Å². The number of hydrogen-bond donors (Lipinski definition) is 0. The predicted octanol–water partition coefficient (Wildman–Crippen LogP) is 8.90. The molecule has 84 heavy (non-hydrogen) atoms. The highest BCUT2D eigenvalue weighted by atomic mass is 16.8. The second-order valence-corrected chi connectivity index (χ2v) is 21.1. The van der Waals surface area contributed by atoms with Gasteiger partial charge in [-0.1, -0.05) is 78.9 Å². The Kier molecular flexibility index (Phi) is 29.5. The zero-order valence-corrected chi connectivity index (χ0v) is 50.0. The van der Waals surface area contributed by atoms with Crippen molar-refractivity contribution in [2.75, 3.05) is 33.5 Å². The molecule has 0 aromatic rings. The van der Waals surface area contributed by atoms with Gasteiger partial charge in [0.05, 0.1) is 79.0 Å². The zero-order valence-electron chi connectivity index (χ0n) is 50.0. The van der Waals surface area contributed by atoms with Crippen LogP contribution in [0.5, 0.6) is 0 Å². The molecule has 0 radical (unpaired) electrons. The van der Waals surface area contributed by atoms with Crippen molar-refractivity contribution in [3.8, 4) is 0 Å². The standard InChI is InChI=1S/C51H85N15O18/c1-13-17-21-70-37-32(57-62-52)25(5)75-48(42(37)79-30(10)67)82-44-39(72-23-19-15-3)34(59-64-54)27(7)77-50(44)84-45-40(73-24-20-16-4)35(60-65-55)28(8)78-51(45)83-43-38(71-22-18-14-2)33(58-63-53)26(6)76-49(43)81-41-36(61-66-56)29(9)74-47(69-12)46(41)80-31(11)68/h25-29,32-51H,13-24H2,1-12H3/t25?,26?,27?,28?,29?,32-,33-,34-,35-,36-,37?,38?,39?,40?,41?,42-,43-,44-,45-,46-,47+,48-,49-,50-,51-/m1/s1. The van der Waals surface area contributed by atoms with Crippen LogP contribution in [-0.2, 0) is 85.4 Å². The normalized spacial score (nSPS) is 38.5. The molecule has 33 heteroatoms. The molecule has 5 heterocycles. The number of carbonyl (C=O) groups is 2. The largest absolute Gasteiger partial charge is 0.454 e. The van der Waals surface area contributed by atoms with E-state index in [-0.39, 0.29) is 26.4 Å². The number of hydrogen-bond acceptors (Lipinski definition) is 23. The maximum atomic E-state index is 13.0. The third-order valence-electron chi connectivity index (χ3n) is 15.0. The van der Waals surface area contributed by atoms with Crippen molar-refractivity contribution in [1.82, 2.24) is 0 Å². The molecule has 25 atom stereocenters. The molecule has 33 nitrogen and oxygen atoms in total. The zero-order chi connectivity index (χ0) is 61.5. The molecule has 472 valence electrons. The van der Waals surface area contributed by atoms with Crippen molar-refractivity contribution in [3.05, 3.63) is 52.2 Å². The Morgan fingerprint density at radius 2 is 0.595 bits per heavy atom. The number of carbonyl (C=O) groups excluding carboxylic acids is 2. The number of nitrogens with zero attached hydrogens (tertiary/aromatic N) is 15. The minimum atomic E-state index is -1.62. The van der Waals surface area contributed by atoms with Crippen molar-refractivity contribution in [1.29, 1.82) is 0 Å². The number of methoxy groups -OCH3 is 1. The lowest BCUT2D eigenvalue weighted by atomic mass is 9.93. The van der Waals surface area contributed by atoms with E-state index in [0.29, 0.717) is 44.9 Å². The van der Waals surface area contributed by atoms with Crippen molar-refractivity contribution < 1.29 is 85.4 Å². The summed E-state index contributed by atoms with van der Waals surface area (Å²) < 4.78 is 104. The first kappa shape index (κ1) is 69.7. The fourth-order valence-electron chi connectivity index (χ4n) is 10.7. The van der Waals surface area contributed by atoms with Gasteiger partial charge in [0.2, 0.25) is 0 Å². The topological polar surface area (TPSA) is 426 Å². The van der Waals surface area contributed by atoms with E-state index in [4.69, 9.17) is 75.8 Å². The number of esters is 2. The summed E-state index contributed by atoms with van der Waals surface area (Å²) >= 11 is 0. The van der Waals surface area contributed by atoms with Gasteiger partial charge in [-0.05, 0) is 88.0 Å². The average Bonchev–Trinajstić information content (AvgIpc) is 2.46. The summed E-state index contributed by atoms with van der Waals surface area (Å²) in [7, 11) is 1.33. The van der Waals surface area contributed by atoms with Gasteiger partial charge in [0.25, 0.3) is 0 Å². The fourth-order valence-corrected chi connectivity index (χ4v) is 10.7. The Morgan fingerprint density at radius 1 is 0.369 bits per heavy atom. The summed E-state index contributed by atoms with van der Waals surface area (Å²) in [6.07, 6.45) is -20.4. The van der Waals surface area contributed by atoms with Crippen LogP contribution >= 0.6 is 0 Å². The van der Waals surface area contributed by atoms with Crippen molar-refractivity contribution >= 4 is 11.9 Å². The maximum absolute atomic E-state index is 13.0. The summed E-state index contributed by atoms with van der Waals surface area (Å²) in [4.78, 5) is 41.4. The Balaban J connectivity index is 1.75. The fraction of sp³-hybridized carbons (Fsp3) is 0.961. The van der Waals surface area contributed by atoms with E-state index in [1.165, 1.54) is 21.0 Å². The molecule has 0 saturated carbocycles. The molecular formula is C51H85N15O18. The highest BCUT2D eigenvalue weighted by Crippen LogP contribution is 2.41. The van der Waals surface area contributed by atoms with E-state index in [0.717, 1.165) is 6.42 Å². The first-order valence-electron chi connectivity index (χ1n) is 28.9. The molecule has 5 rings (SSSR count). The van der Waals surface area contributed by atoms with E-state index >= 15 is 0 Å². The molecule has 0 aliphatic carbocycles. The molecule has 10 unspecified atom stereocenters. The van der Waals surface area contributed by atoms with Crippen molar-refractivity contribution in [3.63, 3.8) is 0 Å². The lowest BCUT2D eigenvalue weighted by Gasteiger charge is -2.52. The van der Waals surface area contributed by atoms with Crippen LogP contribution in [0.4, 0.5) is 0 Å². The lowest BCUT2D eigenvalue weighted by Crippen LogP contribution is -2.68. The van der Waals surface area contributed by atoms with Gasteiger partial charge in [-0.3, -0.25) is 9.59 Å². The second-order valence-electron chi connectivity index (χ2n) is 21.1. The second kappa shape index (κ2) is 35.5. The van der Waals surface area contributed by atoms with Gasteiger partial charge in [0, 0.05) is 71.9 Å². The summed E-state index contributed by atoms with van der Waals surface area (Å²) in [6.45, 7) is 18.9. The number of ether oxygens (including phenoxy) is 16. The Bertz CT molecular complexity index is 2310. The summed E-state index contributed by atoms with van der Waals surface area (Å²) in [6, 6.07) is -5.49. The molecule has 0 N–H and O–H groups in total. The predicted molar refractivity (Wildman–Crippen MR) is 293 cm³/mol. The minimum absolute atomic E-state index is 0.115. The van der Waals surface area contributed by atoms with E-state index in [2.05, 4.69) is 50.1 Å². The van der Waals surface area contributed by atoms with Gasteiger partial charge in [-0.2, -0.15) is 0 Å². The van der Waals surface area contributed by atoms with Gasteiger partial charge in [0.15, 0.2) is 43.7 Å². The molecule has 5 aliphatic heterocycles. The summed E-state index contributed by atoms with van der Waals surface area (Å²) in [5.41, 5.74) is 49.8. The minimum Gasteiger partial charge on any atom is -0.454 e. The maximum Gasteiger partial charge on any atom is 0.303 e. The third-order valence-corrected chi connectivity index (χ3v) is 15.0. The quantitative estimate of drug-likeness (QED) is 0.0199. The molecule has 0 aromatic carbocycles. The van der Waals surface area contributed by atoms with Crippen molar-refractivity contribution in [2.45, 2.75) is 281 Å². The van der Waals surface area contributed by atoms with Gasteiger partial charge < -0.3 is 75.8 Å². The van der Waals surface area contributed by atoms with Gasteiger partial charge in [-0.25, -0.2) is 0 Å². The van der Waals surface area contributed by atoms with Gasteiger partial charge >= 0.3 is 11.9 Å². The molecular weight excluding hydrogens is 1110 g/mol. The number of rotatable bonds is 32. The van der Waals surface area contributed by atoms with E-state index in [1.807, 2.05) is 27.7 Å². The number of azide groups is 5. The highest BCUT2D eigenvalue weighted by molar-refractivity contribution is 5.66. The molecule has 0 aromatic heterocycles. The Labute approximate surface area is 488 Å². The molecule has 5 fully saturated rings. The molecule has 5 aliphatic rings. The molecule has 0 amide bonds. The smallest absolute Gasteiger partial charge is 0.303 e. The van der Waals surface area contributed by atoms with Crippen molar-refractivity contribution in [2.24, 2.45) is 25.6 Å². The van der Waals surface area contributed by atoms with Crippen LogP contribution in [0.25, 0.3) is 52.2 Å². The first-order chi connectivity index (χ1) is 40.5. The van der Waals surface area contributed by atoms with Crippen LogP contribution in [-0.4, -0.2) is 199 Å². The molecule has 0 spiro atoms. The van der Waals surface area contributed by atoms with Gasteiger partial charge in [-0.15, -0.1) is 0 Å². The Hall–Kier alpha value is -5.07. The summed E-state index contributed by atoms with van der Waals surface area (Å²) in [5.74, 6) is -1.49. The van der Waals surface area contributed by atoms with Crippen LogP contribution < -0.4 is 0 Å². The van der Waals surface area contributed by atoms with Crippen LogP contribution in [0.3, 0.4) is 0 Å². The Morgan fingerprint density at radius 3 is 0.845 bits per heavy atom. The third kappa shape index (κ3) is 18.2. The van der Waals surface area contributed by atoms with Crippen LogP contribution in [0, 0.1) is 0 Å².